The summed E-state index contributed by atoms with van der Waals surface area (Å²) in [5.41, 5.74) is 0.142. The fourth-order valence-corrected chi connectivity index (χ4v) is 2.15. The van der Waals surface area contributed by atoms with E-state index in [1.165, 1.54) is 12.3 Å². The van der Waals surface area contributed by atoms with Gasteiger partial charge in [0.05, 0.1) is 24.5 Å². The van der Waals surface area contributed by atoms with Crippen LogP contribution in [0.25, 0.3) is 0 Å². The molecule has 1 aliphatic rings. The number of aromatic nitrogens is 1. The van der Waals surface area contributed by atoms with Gasteiger partial charge in [0, 0.05) is 24.8 Å². The van der Waals surface area contributed by atoms with Gasteiger partial charge in [0.2, 0.25) is 5.88 Å². The van der Waals surface area contributed by atoms with E-state index < -0.39 is 17.5 Å². The maximum absolute atomic E-state index is 13.5. The zero-order valence-electron chi connectivity index (χ0n) is 12.1. The van der Waals surface area contributed by atoms with E-state index in [1.807, 2.05) is 0 Å². The summed E-state index contributed by atoms with van der Waals surface area (Å²) in [6, 6.07) is 6.02. The smallest absolute Gasteiger partial charge is 0.257 e. The maximum atomic E-state index is 13.5. The maximum Gasteiger partial charge on any atom is 0.257 e. The van der Waals surface area contributed by atoms with Crippen LogP contribution < -0.4 is 10.1 Å². The lowest BCUT2D eigenvalue weighted by Crippen LogP contribution is -2.17. The van der Waals surface area contributed by atoms with E-state index in [1.54, 1.807) is 6.07 Å². The van der Waals surface area contributed by atoms with Gasteiger partial charge in [0.1, 0.15) is 17.7 Å². The predicted octanol–water partition coefficient (Wildman–Crippen LogP) is 2.78. The van der Waals surface area contributed by atoms with Crippen LogP contribution in [0.2, 0.25) is 0 Å². The number of nitrogens with one attached hydrogen (secondary N) is 1. The summed E-state index contributed by atoms with van der Waals surface area (Å²) in [6.45, 7) is 1.18. The Hall–Kier alpha value is -2.54. The highest BCUT2D eigenvalue weighted by molar-refractivity contribution is 6.04. The first kappa shape index (κ1) is 15.4. The van der Waals surface area contributed by atoms with Gasteiger partial charge in [-0.05, 0) is 18.2 Å². The number of nitrogens with zero attached hydrogens (tertiary/aromatic N) is 1. The number of amides is 1. The van der Waals surface area contributed by atoms with Crippen molar-refractivity contribution >= 4 is 11.6 Å². The Morgan fingerprint density at radius 3 is 2.83 bits per heavy atom. The molecule has 2 heterocycles. The standard InChI is InChI=1S/C16H14F2N2O3/c17-11-2-3-14(13(18)7-11)20-16(21)10-1-4-15(19-8-10)23-12-5-6-22-9-12/h1-4,7-8,12H,5-6,9H2,(H,20,21). The molecule has 1 N–H and O–H groups in total. The van der Waals surface area contributed by atoms with Crippen molar-refractivity contribution in [2.24, 2.45) is 0 Å². The van der Waals surface area contributed by atoms with E-state index in [0.717, 1.165) is 18.6 Å². The molecule has 1 unspecified atom stereocenters. The molecule has 2 aromatic rings. The molecular formula is C16H14F2N2O3. The molecule has 0 bridgehead atoms. The third kappa shape index (κ3) is 3.81. The van der Waals surface area contributed by atoms with Crippen molar-refractivity contribution in [1.82, 2.24) is 4.98 Å². The molecule has 7 heteroatoms. The molecule has 120 valence electrons. The molecule has 1 aromatic carbocycles. The highest BCUT2D eigenvalue weighted by Crippen LogP contribution is 2.18. The number of ether oxygens (including phenoxy) is 2. The molecule has 1 amide bonds. The number of carbonyl (C=O) groups is 1. The van der Waals surface area contributed by atoms with Crippen molar-refractivity contribution in [3.8, 4) is 5.88 Å². The summed E-state index contributed by atoms with van der Waals surface area (Å²) >= 11 is 0. The first-order valence-electron chi connectivity index (χ1n) is 7.08. The molecule has 1 aliphatic heterocycles. The normalized spacial score (nSPS) is 17.0. The number of hydrogen-bond acceptors (Lipinski definition) is 4. The Morgan fingerprint density at radius 1 is 1.30 bits per heavy atom. The SMILES string of the molecule is O=C(Nc1ccc(F)cc1F)c1ccc(OC2CCOC2)nc1. The highest BCUT2D eigenvalue weighted by atomic mass is 19.1. The Bertz CT molecular complexity index is 701. The van der Waals surface area contributed by atoms with Gasteiger partial charge >= 0.3 is 0 Å². The average Bonchev–Trinajstić information content (AvgIpc) is 3.04. The predicted molar refractivity (Wildman–Crippen MR) is 78.4 cm³/mol. The third-order valence-electron chi connectivity index (χ3n) is 3.35. The zero-order chi connectivity index (χ0) is 16.2. The first-order valence-corrected chi connectivity index (χ1v) is 7.08. The van der Waals surface area contributed by atoms with Gasteiger partial charge in [-0.2, -0.15) is 0 Å². The lowest BCUT2D eigenvalue weighted by atomic mass is 10.2. The van der Waals surface area contributed by atoms with Crippen molar-refractivity contribution in [1.29, 1.82) is 0 Å². The van der Waals surface area contributed by atoms with Gasteiger partial charge in [-0.3, -0.25) is 4.79 Å². The Kier molecular flexibility index (Phi) is 4.47. The van der Waals surface area contributed by atoms with E-state index in [-0.39, 0.29) is 17.4 Å². The summed E-state index contributed by atoms with van der Waals surface area (Å²) in [4.78, 5) is 16.1. The summed E-state index contributed by atoms with van der Waals surface area (Å²) in [5, 5.41) is 2.36. The summed E-state index contributed by atoms with van der Waals surface area (Å²) in [5.74, 6) is -1.70. The van der Waals surface area contributed by atoms with Gasteiger partial charge < -0.3 is 14.8 Å². The molecule has 1 saturated heterocycles. The second kappa shape index (κ2) is 6.70. The fourth-order valence-electron chi connectivity index (χ4n) is 2.15. The van der Waals surface area contributed by atoms with E-state index >= 15 is 0 Å². The van der Waals surface area contributed by atoms with Crippen molar-refractivity contribution in [3.63, 3.8) is 0 Å². The molecular weight excluding hydrogens is 306 g/mol. The van der Waals surface area contributed by atoms with Gasteiger partial charge in [-0.25, -0.2) is 13.8 Å². The van der Waals surface area contributed by atoms with E-state index in [9.17, 15) is 13.6 Å². The fraction of sp³-hybridized carbons (Fsp3) is 0.250. The lowest BCUT2D eigenvalue weighted by Gasteiger charge is -2.11. The number of benzene rings is 1. The van der Waals surface area contributed by atoms with Crippen LogP contribution in [0.5, 0.6) is 5.88 Å². The van der Waals surface area contributed by atoms with Crippen LogP contribution in [0.1, 0.15) is 16.8 Å². The second-order valence-corrected chi connectivity index (χ2v) is 5.07. The van der Waals surface area contributed by atoms with Crippen LogP contribution >= 0.6 is 0 Å². The van der Waals surface area contributed by atoms with Gasteiger partial charge in [0.15, 0.2) is 0 Å². The van der Waals surface area contributed by atoms with Crippen molar-refractivity contribution in [2.45, 2.75) is 12.5 Å². The number of rotatable bonds is 4. The Balaban J connectivity index is 1.65. The van der Waals surface area contributed by atoms with Crippen LogP contribution in [0.4, 0.5) is 14.5 Å². The minimum Gasteiger partial charge on any atom is -0.472 e. The highest BCUT2D eigenvalue weighted by Gasteiger charge is 2.18. The number of hydrogen-bond donors (Lipinski definition) is 1. The molecule has 0 saturated carbocycles. The quantitative estimate of drug-likeness (QED) is 0.941. The zero-order valence-corrected chi connectivity index (χ0v) is 12.1. The van der Waals surface area contributed by atoms with Crippen LogP contribution in [0, 0.1) is 11.6 Å². The number of pyridine rings is 1. The Morgan fingerprint density at radius 2 is 2.17 bits per heavy atom. The monoisotopic (exact) mass is 320 g/mol. The van der Waals surface area contributed by atoms with E-state index in [4.69, 9.17) is 9.47 Å². The van der Waals surface area contributed by atoms with E-state index in [2.05, 4.69) is 10.3 Å². The largest absolute Gasteiger partial charge is 0.472 e. The van der Waals surface area contributed by atoms with Gasteiger partial charge in [-0.15, -0.1) is 0 Å². The molecule has 1 aromatic heterocycles. The number of halogens is 2. The number of carbonyl (C=O) groups excluding carboxylic acids is 1. The minimum absolute atomic E-state index is 0.0320. The second-order valence-electron chi connectivity index (χ2n) is 5.07. The van der Waals surface area contributed by atoms with Gasteiger partial charge in [0.25, 0.3) is 5.91 Å². The van der Waals surface area contributed by atoms with Crippen LogP contribution in [-0.2, 0) is 4.74 Å². The summed E-state index contributed by atoms with van der Waals surface area (Å²) < 4.78 is 37.1. The number of anilines is 1. The lowest BCUT2D eigenvalue weighted by molar-refractivity contribution is 0.102. The molecule has 0 spiro atoms. The molecule has 23 heavy (non-hydrogen) atoms. The summed E-state index contributed by atoms with van der Waals surface area (Å²) in [6.07, 6.45) is 2.10. The topological polar surface area (TPSA) is 60.5 Å². The van der Waals surface area contributed by atoms with Crippen LogP contribution in [-0.4, -0.2) is 30.2 Å². The molecule has 0 aliphatic carbocycles. The molecule has 0 radical (unpaired) electrons. The van der Waals surface area contributed by atoms with Crippen molar-refractivity contribution in [3.05, 3.63) is 53.7 Å². The van der Waals surface area contributed by atoms with Gasteiger partial charge in [-0.1, -0.05) is 0 Å². The average molecular weight is 320 g/mol. The minimum atomic E-state index is -0.840. The summed E-state index contributed by atoms with van der Waals surface area (Å²) in [7, 11) is 0. The van der Waals surface area contributed by atoms with E-state index in [0.29, 0.717) is 25.2 Å². The third-order valence-corrected chi connectivity index (χ3v) is 3.35. The molecule has 3 rings (SSSR count). The molecule has 1 atom stereocenters. The van der Waals surface area contributed by atoms with Crippen molar-refractivity contribution < 1.29 is 23.0 Å². The van der Waals surface area contributed by atoms with Crippen LogP contribution in [0.3, 0.4) is 0 Å². The molecule has 1 fully saturated rings. The Labute approximate surface area is 131 Å². The first-order chi connectivity index (χ1) is 11.1. The molecule has 5 nitrogen and oxygen atoms in total. The van der Waals surface area contributed by atoms with Crippen molar-refractivity contribution in [2.75, 3.05) is 18.5 Å². The van der Waals surface area contributed by atoms with Crippen LogP contribution in [0.15, 0.2) is 36.5 Å².